The van der Waals surface area contributed by atoms with Gasteiger partial charge in [-0.05, 0) is 24.3 Å². The van der Waals surface area contributed by atoms with E-state index in [-0.39, 0.29) is 11.3 Å². The summed E-state index contributed by atoms with van der Waals surface area (Å²) in [7, 11) is 0. The minimum absolute atomic E-state index is 0.0595. The first-order valence-electron chi connectivity index (χ1n) is 5.60. The van der Waals surface area contributed by atoms with Crippen LogP contribution in [0.25, 0.3) is 0 Å². The van der Waals surface area contributed by atoms with Gasteiger partial charge in [0.05, 0.1) is 16.9 Å². The van der Waals surface area contributed by atoms with E-state index in [0.717, 1.165) is 6.20 Å². The number of carboxylic acid groups (broad SMARTS) is 1. The standard InChI is InChI=1S/C13H8F4N2O2/c14-9-2-1-7(13(15,16)17)5-11(9)19-10-3-4-18-6-8(10)12(20)21/h1-6H,(H,18,19)(H,20,21). The van der Waals surface area contributed by atoms with Gasteiger partial charge >= 0.3 is 12.1 Å². The Morgan fingerprint density at radius 3 is 2.52 bits per heavy atom. The van der Waals surface area contributed by atoms with Crippen molar-refractivity contribution in [1.29, 1.82) is 0 Å². The molecule has 1 aromatic carbocycles. The second kappa shape index (κ2) is 5.39. The van der Waals surface area contributed by atoms with Crippen LogP contribution in [0.4, 0.5) is 28.9 Å². The number of pyridine rings is 1. The van der Waals surface area contributed by atoms with Crippen LogP contribution < -0.4 is 5.32 Å². The Bertz CT molecular complexity index is 686. The number of anilines is 2. The van der Waals surface area contributed by atoms with E-state index in [1.165, 1.54) is 12.3 Å². The number of carbonyl (C=O) groups is 1. The summed E-state index contributed by atoms with van der Waals surface area (Å²) in [5, 5.41) is 11.3. The SMILES string of the molecule is O=C(O)c1cnccc1Nc1cc(C(F)(F)F)ccc1F. The molecular weight excluding hydrogens is 292 g/mol. The Hall–Kier alpha value is -2.64. The van der Waals surface area contributed by atoms with Crippen molar-refractivity contribution in [1.82, 2.24) is 4.98 Å². The van der Waals surface area contributed by atoms with Crippen LogP contribution in [0.2, 0.25) is 0 Å². The van der Waals surface area contributed by atoms with Crippen molar-refractivity contribution in [3.05, 3.63) is 53.6 Å². The second-order valence-electron chi connectivity index (χ2n) is 4.04. The summed E-state index contributed by atoms with van der Waals surface area (Å²) in [5.41, 5.74) is -1.86. The van der Waals surface area contributed by atoms with Gasteiger partial charge in [-0.3, -0.25) is 4.98 Å². The first-order valence-corrected chi connectivity index (χ1v) is 5.60. The van der Waals surface area contributed by atoms with Crippen LogP contribution in [0, 0.1) is 5.82 Å². The van der Waals surface area contributed by atoms with Crippen LogP contribution >= 0.6 is 0 Å². The molecule has 0 unspecified atom stereocenters. The number of halogens is 4. The van der Waals surface area contributed by atoms with Crippen LogP contribution in [0.5, 0.6) is 0 Å². The van der Waals surface area contributed by atoms with Gasteiger partial charge in [-0.15, -0.1) is 0 Å². The number of aromatic carboxylic acids is 1. The van der Waals surface area contributed by atoms with Crippen molar-refractivity contribution in [2.75, 3.05) is 5.32 Å². The number of nitrogens with zero attached hydrogens (tertiary/aromatic N) is 1. The molecule has 0 fully saturated rings. The van der Waals surface area contributed by atoms with E-state index in [4.69, 9.17) is 5.11 Å². The maximum atomic E-state index is 13.6. The van der Waals surface area contributed by atoms with E-state index in [0.29, 0.717) is 18.2 Å². The molecule has 2 N–H and O–H groups in total. The molecule has 2 aromatic rings. The Balaban J connectivity index is 2.43. The van der Waals surface area contributed by atoms with Gasteiger partial charge in [0.1, 0.15) is 11.4 Å². The first kappa shape index (κ1) is 14.8. The zero-order valence-corrected chi connectivity index (χ0v) is 10.3. The van der Waals surface area contributed by atoms with Gasteiger partial charge < -0.3 is 10.4 Å². The quantitative estimate of drug-likeness (QED) is 0.849. The third kappa shape index (κ3) is 3.28. The predicted octanol–water partition coefficient (Wildman–Crippen LogP) is 3.68. The molecule has 110 valence electrons. The summed E-state index contributed by atoms with van der Waals surface area (Å²) in [5.74, 6) is -2.27. The number of hydrogen-bond donors (Lipinski definition) is 2. The molecular formula is C13H8F4N2O2. The van der Waals surface area contributed by atoms with Gasteiger partial charge in [-0.2, -0.15) is 13.2 Å². The monoisotopic (exact) mass is 300 g/mol. The second-order valence-corrected chi connectivity index (χ2v) is 4.04. The molecule has 8 heteroatoms. The summed E-state index contributed by atoms with van der Waals surface area (Å²) in [4.78, 5) is 14.6. The number of nitrogens with one attached hydrogen (secondary N) is 1. The van der Waals surface area contributed by atoms with Crippen molar-refractivity contribution in [2.45, 2.75) is 6.18 Å². The maximum absolute atomic E-state index is 13.6. The Morgan fingerprint density at radius 2 is 1.90 bits per heavy atom. The molecule has 1 aromatic heterocycles. The molecule has 2 rings (SSSR count). The molecule has 21 heavy (non-hydrogen) atoms. The molecule has 0 saturated heterocycles. The van der Waals surface area contributed by atoms with Crippen LogP contribution in [-0.4, -0.2) is 16.1 Å². The fourth-order valence-corrected chi connectivity index (χ4v) is 1.62. The van der Waals surface area contributed by atoms with Crippen LogP contribution in [0.15, 0.2) is 36.7 Å². The van der Waals surface area contributed by atoms with Crippen LogP contribution in [0.1, 0.15) is 15.9 Å². The molecule has 0 amide bonds. The van der Waals surface area contributed by atoms with Gasteiger partial charge in [-0.25, -0.2) is 9.18 Å². The van der Waals surface area contributed by atoms with Gasteiger partial charge in [0.2, 0.25) is 0 Å². The lowest BCUT2D eigenvalue weighted by Crippen LogP contribution is -2.08. The molecule has 0 aliphatic rings. The average molecular weight is 300 g/mol. The Labute approximate surface area is 116 Å². The zero-order chi connectivity index (χ0) is 15.6. The molecule has 0 aliphatic carbocycles. The van der Waals surface area contributed by atoms with E-state index in [2.05, 4.69) is 10.3 Å². The van der Waals surface area contributed by atoms with Gasteiger partial charge in [0, 0.05) is 12.4 Å². The molecule has 4 nitrogen and oxygen atoms in total. The molecule has 0 spiro atoms. The summed E-state index contributed by atoms with van der Waals surface area (Å²) in [6.07, 6.45) is -2.38. The van der Waals surface area contributed by atoms with E-state index in [1.807, 2.05) is 0 Å². The third-order valence-electron chi connectivity index (χ3n) is 2.61. The predicted molar refractivity (Wildman–Crippen MR) is 65.9 cm³/mol. The van der Waals surface area contributed by atoms with Crippen molar-refractivity contribution < 1.29 is 27.5 Å². The molecule has 0 saturated carbocycles. The number of alkyl halides is 3. The summed E-state index contributed by atoms with van der Waals surface area (Å²) < 4.78 is 51.4. The highest BCUT2D eigenvalue weighted by molar-refractivity contribution is 5.94. The van der Waals surface area contributed by atoms with Gasteiger partial charge in [0.25, 0.3) is 0 Å². The first-order chi connectivity index (χ1) is 9.79. The minimum Gasteiger partial charge on any atom is -0.478 e. The van der Waals surface area contributed by atoms with Crippen molar-refractivity contribution in [3.63, 3.8) is 0 Å². The fraction of sp³-hybridized carbons (Fsp3) is 0.0769. The highest BCUT2D eigenvalue weighted by Crippen LogP contribution is 2.33. The smallest absolute Gasteiger partial charge is 0.416 e. The van der Waals surface area contributed by atoms with Gasteiger partial charge in [0.15, 0.2) is 0 Å². The average Bonchev–Trinajstić information content (AvgIpc) is 2.40. The largest absolute Gasteiger partial charge is 0.478 e. The van der Waals surface area contributed by atoms with E-state index in [1.54, 1.807) is 0 Å². The number of carboxylic acids is 1. The molecule has 0 aliphatic heterocycles. The van der Waals surface area contributed by atoms with E-state index in [9.17, 15) is 22.4 Å². The molecule has 0 radical (unpaired) electrons. The lowest BCUT2D eigenvalue weighted by atomic mass is 10.1. The van der Waals surface area contributed by atoms with Crippen LogP contribution in [0.3, 0.4) is 0 Å². The molecule has 0 atom stereocenters. The normalized spacial score (nSPS) is 11.2. The van der Waals surface area contributed by atoms with E-state index < -0.39 is 29.2 Å². The number of hydrogen-bond acceptors (Lipinski definition) is 3. The summed E-state index contributed by atoms with van der Waals surface area (Å²) >= 11 is 0. The number of aromatic nitrogens is 1. The summed E-state index contributed by atoms with van der Waals surface area (Å²) in [6, 6.07) is 3.06. The Morgan fingerprint density at radius 1 is 1.19 bits per heavy atom. The molecule has 1 heterocycles. The lowest BCUT2D eigenvalue weighted by molar-refractivity contribution is -0.137. The topological polar surface area (TPSA) is 62.2 Å². The van der Waals surface area contributed by atoms with Gasteiger partial charge in [-0.1, -0.05) is 0 Å². The van der Waals surface area contributed by atoms with Crippen molar-refractivity contribution >= 4 is 17.3 Å². The highest BCUT2D eigenvalue weighted by Gasteiger charge is 2.31. The lowest BCUT2D eigenvalue weighted by Gasteiger charge is -2.13. The Kier molecular flexibility index (Phi) is 3.79. The number of benzene rings is 1. The minimum atomic E-state index is -4.63. The maximum Gasteiger partial charge on any atom is 0.416 e. The fourth-order valence-electron chi connectivity index (χ4n) is 1.62. The van der Waals surface area contributed by atoms with E-state index >= 15 is 0 Å². The zero-order valence-electron chi connectivity index (χ0n) is 10.3. The van der Waals surface area contributed by atoms with Crippen molar-refractivity contribution in [2.24, 2.45) is 0 Å². The third-order valence-corrected chi connectivity index (χ3v) is 2.61. The number of rotatable bonds is 3. The highest BCUT2D eigenvalue weighted by atomic mass is 19.4. The van der Waals surface area contributed by atoms with Crippen LogP contribution in [-0.2, 0) is 6.18 Å². The summed E-state index contributed by atoms with van der Waals surface area (Å²) in [6.45, 7) is 0. The molecule has 0 bridgehead atoms. The van der Waals surface area contributed by atoms with Crippen molar-refractivity contribution in [3.8, 4) is 0 Å².